The van der Waals surface area contributed by atoms with Crippen LogP contribution in [0.15, 0.2) is 95.9 Å². The minimum Gasteiger partial charge on any atom is -0.279 e. The average Bonchev–Trinajstić information content (AvgIpc) is 2.89. The zero-order valence-electron chi connectivity index (χ0n) is 20.5. The van der Waals surface area contributed by atoms with Crippen LogP contribution in [0.2, 0.25) is 5.02 Å². The molecule has 0 aliphatic carbocycles. The maximum absolute atomic E-state index is 14.1. The number of hydrogen-bond donors (Lipinski definition) is 1. The Bertz CT molecular complexity index is 1710. The number of amides is 1. The van der Waals surface area contributed by atoms with Gasteiger partial charge in [-0.3, -0.25) is 24.5 Å². The number of anilines is 3. The van der Waals surface area contributed by atoms with E-state index in [1.165, 1.54) is 61.5 Å². The lowest BCUT2D eigenvalue weighted by Crippen LogP contribution is -2.29. The highest BCUT2D eigenvalue weighted by Gasteiger charge is 2.37. The van der Waals surface area contributed by atoms with Gasteiger partial charge in [-0.1, -0.05) is 41.4 Å². The number of nitrogens with zero attached hydrogens (tertiary/aromatic N) is 2. The second-order valence-corrected chi connectivity index (χ2v) is 10.7. The van der Waals surface area contributed by atoms with Crippen LogP contribution in [0.4, 0.5) is 35.9 Å². The van der Waals surface area contributed by atoms with E-state index in [0.717, 1.165) is 41.3 Å². The van der Waals surface area contributed by atoms with Crippen molar-refractivity contribution in [3.63, 3.8) is 0 Å². The molecule has 0 saturated heterocycles. The molecule has 4 aromatic carbocycles. The van der Waals surface area contributed by atoms with Crippen molar-refractivity contribution < 1.29 is 31.3 Å². The number of aryl methyl sites for hydroxylation is 1. The third kappa shape index (κ3) is 6.08. The lowest BCUT2D eigenvalue weighted by atomic mass is 10.0. The van der Waals surface area contributed by atoms with E-state index in [1.807, 2.05) is 0 Å². The molecule has 4 aromatic rings. The molecule has 8 nitrogen and oxygen atoms in total. The van der Waals surface area contributed by atoms with Crippen molar-refractivity contribution in [2.45, 2.75) is 18.0 Å². The molecule has 13 heteroatoms. The van der Waals surface area contributed by atoms with E-state index in [1.54, 1.807) is 0 Å². The van der Waals surface area contributed by atoms with Gasteiger partial charge in [-0.25, -0.2) is 8.42 Å². The van der Waals surface area contributed by atoms with Gasteiger partial charge in [-0.05, 0) is 61.5 Å². The molecular weight excluding hydrogens is 571 g/mol. The topological polar surface area (TPSA) is 110 Å². The van der Waals surface area contributed by atoms with Gasteiger partial charge < -0.3 is 0 Å². The number of para-hydroxylation sites is 1. The van der Waals surface area contributed by atoms with E-state index < -0.39 is 38.3 Å². The number of non-ortho nitro benzene ring substituents is 1. The smallest absolute Gasteiger partial charge is 0.279 e. The van der Waals surface area contributed by atoms with Crippen molar-refractivity contribution >= 4 is 50.3 Å². The molecule has 0 aliphatic rings. The number of alkyl halides is 3. The van der Waals surface area contributed by atoms with Gasteiger partial charge >= 0.3 is 6.18 Å². The lowest BCUT2D eigenvalue weighted by molar-refractivity contribution is -0.384. The van der Waals surface area contributed by atoms with Crippen molar-refractivity contribution in [1.82, 2.24) is 0 Å². The second-order valence-electron chi connectivity index (χ2n) is 8.54. The van der Waals surface area contributed by atoms with Gasteiger partial charge in [0, 0.05) is 17.2 Å². The fraction of sp³-hybridized carbons (Fsp3) is 0.0741. The first-order valence-electron chi connectivity index (χ1n) is 11.4. The lowest BCUT2D eigenvalue weighted by Gasteiger charge is -2.27. The average molecular weight is 590 g/mol. The molecular formula is C27H19ClF3N3O5S. The Kier molecular flexibility index (Phi) is 7.85. The Morgan fingerprint density at radius 3 is 2.25 bits per heavy atom. The molecule has 0 aromatic heterocycles. The summed E-state index contributed by atoms with van der Waals surface area (Å²) in [6.45, 7) is 1.48. The standard InChI is InChI=1S/C27H19ClF3N3O5S/c1-17-9-14-25(23(15-17)27(29,30)31)33(20-6-4-5-18(28)16-20)26(35)22-7-2-3-8-24(22)32-40(38,39)21-12-10-19(11-13-21)34(36)37/h2-16,32H,1H3. The number of rotatable bonds is 7. The van der Waals surface area contributed by atoms with Crippen LogP contribution in [0.25, 0.3) is 0 Å². The Hall–Kier alpha value is -4.42. The highest BCUT2D eigenvalue weighted by Crippen LogP contribution is 2.41. The number of nitro groups is 1. The fourth-order valence-corrected chi connectivity index (χ4v) is 5.15. The summed E-state index contributed by atoms with van der Waals surface area (Å²) >= 11 is 6.10. The molecule has 206 valence electrons. The minimum absolute atomic E-state index is 0.0138. The van der Waals surface area contributed by atoms with Crippen LogP contribution < -0.4 is 9.62 Å². The van der Waals surface area contributed by atoms with Crippen molar-refractivity contribution in [3.05, 3.63) is 123 Å². The van der Waals surface area contributed by atoms with E-state index in [4.69, 9.17) is 11.6 Å². The number of carbonyl (C=O) groups excluding carboxylic acids is 1. The number of nitrogens with one attached hydrogen (secondary N) is 1. The number of benzene rings is 4. The molecule has 0 fully saturated rings. The molecule has 0 bridgehead atoms. The highest BCUT2D eigenvalue weighted by molar-refractivity contribution is 7.92. The molecule has 0 spiro atoms. The van der Waals surface area contributed by atoms with Crippen LogP contribution >= 0.6 is 11.6 Å². The van der Waals surface area contributed by atoms with E-state index in [0.29, 0.717) is 5.56 Å². The molecule has 4 rings (SSSR count). The maximum atomic E-state index is 14.1. The van der Waals surface area contributed by atoms with Crippen LogP contribution in [0.5, 0.6) is 0 Å². The molecule has 1 amide bonds. The molecule has 0 aliphatic heterocycles. The third-order valence-electron chi connectivity index (χ3n) is 5.73. The van der Waals surface area contributed by atoms with Crippen molar-refractivity contribution in [2.75, 3.05) is 9.62 Å². The Morgan fingerprint density at radius 1 is 0.950 bits per heavy atom. The van der Waals surface area contributed by atoms with Crippen molar-refractivity contribution in [2.24, 2.45) is 0 Å². The van der Waals surface area contributed by atoms with Gasteiger partial charge in [0.1, 0.15) is 0 Å². The first kappa shape index (κ1) is 28.6. The van der Waals surface area contributed by atoms with E-state index in [2.05, 4.69) is 4.72 Å². The number of hydrogen-bond acceptors (Lipinski definition) is 5. The summed E-state index contributed by atoms with van der Waals surface area (Å²) in [6, 6.07) is 18.6. The summed E-state index contributed by atoms with van der Waals surface area (Å²) in [5, 5.41) is 11.1. The first-order chi connectivity index (χ1) is 18.8. The molecule has 0 atom stereocenters. The number of nitro benzene ring substituents is 1. The molecule has 0 radical (unpaired) electrons. The molecule has 40 heavy (non-hydrogen) atoms. The number of halogens is 4. The van der Waals surface area contributed by atoms with E-state index >= 15 is 0 Å². The van der Waals surface area contributed by atoms with Gasteiger partial charge in [-0.15, -0.1) is 0 Å². The third-order valence-corrected chi connectivity index (χ3v) is 7.34. The van der Waals surface area contributed by atoms with Gasteiger partial charge in [0.2, 0.25) is 0 Å². The second kappa shape index (κ2) is 11.0. The van der Waals surface area contributed by atoms with Gasteiger partial charge in [0.15, 0.2) is 0 Å². The molecule has 0 unspecified atom stereocenters. The Labute approximate surface area is 231 Å². The summed E-state index contributed by atoms with van der Waals surface area (Å²) in [5.41, 5.74) is -2.06. The Morgan fingerprint density at radius 2 is 1.62 bits per heavy atom. The van der Waals surface area contributed by atoms with Crippen LogP contribution in [0.3, 0.4) is 0 Å². The van der Waals surface area contributed by atoms with Gasteiger partial charge in [0.25, 0.3) is 21.6 Å². The minimum atomic E-state index is -4.82. The summed E-state index contributed by atoms with van der Waals surface area (Å²) < 4.78 is 70.7. The SMILES string of the molecule is Cc1ccc(N(C(=O)c2ccccc2NS(=O)(=O)c2ccc([N+](=O)[O-])cc2)c2cccc(Cl)c2)c(C(F)(F)F)c1. The number of carbonyl (C=O) groups is 1. The summed E-state index contributed by atoms with van der Waals surface area (Å²) in [7, 11) is -4.35. The van der Waals surface area contributed by atoms with E-state index in [-0.39, 0.29) is 32.5 Å². The van der Waals surface area contributed by atoms with Crippen LogP contribution in [0, 0.1) is 17.0 Å². The van der Waals surface area contributed by atoms with Gasteiger partial charge in [0.05, 0.1) is 38.0 Å². The quantitative estimate of drug-likeness (QED) is 0.179. The van der Waals surface area contributed by atoms with Crippen molar-refractivity contribution in [1.29, 1.82) is 0 Å². The van der Waals surface area contributed by atoms with Crippen molar-refractivity contribution in [3.8, 4) is 0 Å². The molecule has 0 saturated carbocycles. The predicted octanol–water partition coefficient (Wildman–Crippen LogP) is 7.35. The summed E-state index contributed by atoms with van der Waals surface area (Å²) in [6.07, 6.45) is -4.82. The normalized spacial score (nSPS) is 11.6. The van der Waals surface area contributed by atoms with Crippen LogP contribution in [0.1, 0.15) is 21.5 Å². The molecule has 0 heterocycles. The Balaban J connectivity index is 1.84. The fourth-order valence-electron chi connectivity index (χ4n) is 3.88. The largest absolute Gasteiger partial charge is 0.418 e. The first-order valence-corrected chi connectivity index (χ1v) is 13.3. The monoisotopic (exact) mass is 589 g/mol. The zero-order chi connectivity index (χ0) is 29.2. The van der Waals surface area contributed by atoms with Gasteiger partial charge in [-0.2, -0.15) is 13.2 Å². The summed E-state index contributed by atoms with van der Waals surface area (Å²) in [4.78, 5) is 24.7. The van der Waals surface area contributed by atoms with E-state index in [9.17, 15) is 36.5 Å². The molecule has 1 N–H and O–H groups in total. The van der Waals surface area contributed by atoms with Crippen LogP contribution in [-0.2, 0) is 16.2 Å². The van der Waals surface area contributed by atoms with Crippen LogP contribution in [-0.4, -0.2) is 19.2 Å². The number of sulfonamides is 1. The predicted molar refractivity (Wildman–Crippen MR) is 144 cm³/mol. The highest BCUT2D eigenvalue weighted by atomic mass is 35.5. The maximum Gasteiger partial charge on any atom is 0.418 e. The summed E-state index contributed by atoms with van der Waals surface area (Å²) in [5.74, 6) is -0.974. The zero-order valence-corrected chi connectivity index (χ0v) is 22.1.